The van der Waals surface area contributed by atoms with Crippen LogP contribution in [0.1, 0.15) is 18.5 Å². The van der Waals surface area contributed by atoms with Crippen molar-refractivity contribution in [3.8, 4) is 0 Å². The smallest absolute Gasteiger partial charge is 0.241 e. The summed E-state index contributed by atoms with van der Waals surface area (Å²) in [5.41, 5.74) is 6.77. The number of likely N-dealkylation sites (N-methyl/N-ethyl adjacent to an activating group) is 1. The number of nitrogens with two attached hydrogens (primary N) is 1. The highest BCUT2D eigenvalue weighted by Gasteiger charge is 2.21. The number of amides is 1. The van der Waals surface area contributed by atoms with Crippen molar-refractivity contribution in [2.45, 2.75) is 19.1 Å². The van der Waals surface area contributed by atoms with Gasteiger partial charge in [-0.15, -0.1) is 0 Å². The Bertz CT molecular complexity index is 424. The minimum absolute atomic E-state index is 0.0515. The number of ether oxygens (including phenoxy) is 1. The third-order valence-electron chi connectivity index (χ3n) is 3.62. The van der Waals surface area contributed by atoms with Gasteiger partial charge in [-0.3, -0.25) is 9.69 Å². The Hall–Kier alpha value is -1.43. The number of nitrogens with zero attached hydrogens (tertiary/aromatic N) is 1. The van der Waals surface area contributed by atoms with Crippen molar-refractivity contribution in [3.63, 3.8) is 0 Å². The van der Waals surface area contributed by atoms with E-state index in [2.05, 4.69) is 17.1 Å². The zero-order valence-corrected chi connectivity index (χ0v) is 11.9. The van der Waals surface area contributed by atoms with E-state index in [-0.39, 0.29) is 12.0 Å². The van der Waals surface area contributed by atoms with Gasteiger partial charge in [0.2, 0.25) is 5.91 Å². The van der Waals surface area contributed by atoms with E-state index >= 15 is 0 Å². The van der Waals surface area contributed by atoms with Crippen molar-refractivity contribution in [1.82, 2.24) is 10.2 Å². The number of rotatable bonds is 5. The van der Waals surface area contributed by atoms with Gasteiger partial charge in [-0.25, -0.2) is 0 Å². The lowest BCUT2D eigenvalue weighted by molar-refractivity contribution is -0.123. The van der Waals surface area contributed by atoms with Crippen LogP contribution in [0, 0.1) is 0 Å². The van der Waals surface area contributed by atoms with Gasteiger partial charge in [0.1, 0.15) is 6.04 Å². The molecular weight excluding hydrogens is 254 g/mol. The molecule has 1 saturated heterocycles. The predicted molar refractivity (Wildman–Crippen MR) is 78.2 cm³/mol. The highest BCUT2D eigenvalue weighted by atomic mass is 16.5. The van der Waals surface area contributed by atoms with Gasteiger partial charge in [0, 0.05) is 19.6 Å². The number of hydrogen-bond donors (Lipinski definition) is 2. The standard InChI is InChI=1S/C15H23N3O2/c1-2-18-8-9-20-13(11-18)10-17-15(19)14(16)12-6-4-3-5-7-12/h3-7,13-14H,2,8-11,16H2,1H3,(H,17,19)/t13?,14-/m0/s1. The van der Waals surface area contributed by atoms with Crippen molar-refractivity contribution in [3.05, 3.63) is 35.9 Å². The fraction of sp³-hybridized carbons (Fsp3) is 0.533. The third kappa shape index (κ3) is 4.03. The summed E-state index contributed by atoms with van der Waals surface area (Å²) in [7, 11) is 0. The number of carbonyl (C=O) groups excluding carboxylic acids is 1. The molecular formula is C15H23N3O2. The van der Waals surface area contributed by atoms with E-state index in [9.17, 15) is 4.79 Å². The molecule has 20 heavy (non-hydrogen) atoms. The second-order valence-electron chi connectivity index (χ2n) is 5.02. The molecule has 1 amide bonds. The molecule has 1 aromatic rings. The largest absolute Gasteiger partial charge is 0.374 e. The van der Waals surface area contributed by atoms with E-state index < -0.39 is 6.04 Å². The van der Waals surface area contributed by atoms with Crippen molar-refractivity contribution in [2.75, 3.05) is 32.8 Å². The summed E-state index contributed by atoms with van der Waals surface area (Å²) in [6.45, 7) is 6.19. The lowest BCUT2D eigenvalue weighted by Gasteiger charge is -2.32. The molecule has 3 N–H and O–H groups in total. The summed E-state index contributed by atoms with van der Waals surface area (Å²) in [6.07, 6.45) is 0.0515. The monoisotopic (exact) mass is 277 g/mol. The highest BCUT2D eigenvalue weighted by Crippen LogP contribution is 2.10. The Morgan fingerprint density at radius 2 is 2.25 bits per heavy atom. The van der Waals surface area contributed by atoms with Crippen molar-refractivity contribution >= 4 is 5.91 Å². The molecule has 0 spiro atoms. The normalized spacial score (nSPS) is 21.4. The van der Waals surface area contributed by atoms with E-state index in [4.69, 9.17) is 10.5 Å². The first-order valence-electron chi connectivity index (χ1n) is 7.13. The molecule has 1 heterocycles. The topological polar surface area (TPSA) is 67.6 Å². The van der Waals surface area contributed by atoms with Crippen LogP contribution in [0.4, 0.5) is 0 Å². The summed E-state index contributed by atoms with van der Waals surface area (Å²) in [5, 5.41) is 2.88. The number of morpholine rings is 1. The molecule has 1 aromatic carbocycles. The van der Waals surface area contributed by atoms with Crippen LogP contribution in [0.25, 0.3) is 0 Å². The minimum Gasteiger partial charge on any atom is -0.374 e. The third-order valence-corrected chi connectivity index (χ3v) is 3.62. The molecule has 5 heteroatoms. The maximum atomic E-state index is 12.0. The molecule has 1 unspecified atom stereocenters. The quantitative estimate of drug-likeness (QED) is 0.823. The number of hydrogen-bond acceptors (Lipinski definition) is 4. The molecule has 1 fully saturated rings. The molecule has 1 aliphatic heterocycles. The molecule has 0 aliphatic carbocycles. The summed E-state index contributed by atoms with van der Waals surface area (Å²) < 4.78 is 5.65. The second kappa shape index (κ2) is 7.38. The minimum atomic E-state index is -0.623. The van der Waals surface area contributed by atoms with Gasteiger partial charge in [0.15, 0.2) is 0 Å². The van der Waals surface area contributed by atoms with E-state index in [1.807, 2.05) is 30.3 Å². The van der Waals surface area contributed by atoms with Crippen LogP contribution in [-0.4, -0.2) is 49.7 Å². The first kappa shape index (κ1) is 15.0. The van der Waals surface area contributed by atoms with E-state index in [1.54, 1.807) is 0 Å². The number of carbonyl (C=O) groups is 1. The van der Waals surface area contributed by atoms with E-state index in [0.29, 0.717) is 6.54 Å². The van der Waals surface area contributed by atoms with Gasteiger partial charge in [-0.1, -0.05) is 37.3 Å². The average molecular weight is 277 g/mol. The zero-order chi connectivity index (χ0) is 14.4. The maximum absolute atomic E-state index is 12.0. The Labute approximate surface area is 120 Å². The van der Waals surface area contributed by atoms with Crippen LogP contribution in [-0.2, 0) is 9.53 Å². The zero-order valence-electron chi connectivity index (χ0n) is 11.9. The molecule has 0 bridgehead atoms. The van der Waals surface area contributed by atoms with Crippen LogP contribution in [0.2, 0.25) is 0 Å². The SMILES string of the molecule is CCN1CCOC(CNC(=O)[C@@H](N)c2ccccc2)C1. The van der Waals surface area contributed by atoms with Crippen LogP contribution in [0.3, 0.4) is 0 Å². The fourth-order valence-electron chi connectivity index (χ4n) is 2.33. The average Bonchev–Trinajstić information content (AvgIpc) is 2.53. The van der Waals surface area contributed by atoms with Gasteiger partial charge in [0.05, 0.1) is 12.7 Å². The molecule has 0 saturated carbocycles. The van der Waals surface area contributed by atoms with Crippen molar-refractivity contribution in [1.29, 1.82) is 0 Å². The molecule has 110 valence electrons. The van der Waals surface area contributed by atoms with E-state index in [1.165, 1.54) is 0 Å². The summed E-state index contributed by atoms with van der Waals surface area (Å²) >= 11 is 0. The molecule has 2 atom stereocenters. The molecule has 1 aliphatic rings. The second-order valence-corrected chi connectivity index (χ2v) is 5.02. The lowest BCUT2D eigenvalue weighted by atomic mass is 10.1. The Morgan fingerprint density at radius 1 is 1.50 bits per heavy atom. The van der Waals surface area contributed by atoms with Gasteiger partial charge < -0.3 is 15.8 Å². The number of benzene rings is 1. The van der Waals surface area contributed by atoms with Crippen LogP contribution in [0.15, 0.2) is 30.3 Å². The summed E-state index contributed by atoms with van der Waals surface area (Å²) in [5.74, 6) is -0.159. The summed E-state index contributed by atoms with van der Waals surface area (Å²) in [6, 6.07) is 8.77. The van der Waals surface area contributed by atoms with Gasteiger partial charge in [-0.05, 0) is 12.1 Å². The molecule has 5 nitrogen and oxygen atoms in total. The molecule has 0 aromatic heterocycles. The Balaban J connectivity index is 1.80. The Kier molecular flexibility index (Phi) is 5.52. The van der Waals surface area contributed by atoms with Gasteiger partial charge >= 0.3 is 0 Å². The predicted octanol–water partition coefficient (Wildman–Crippen LogP) is 0.523. The first-order valence-corrected chi connectivity index (χ1v) is 7.13. The van der Waals surface area contributed by atoms with E-state index in [0.717, 1.165) is 31.8 Å². The highest BCUT2D eigenvalue weighted by molar-refractivity contribution is 5.82. The molecule has 2 rings (SSSR count). The van der Waals surface area contributed by atoms with Crippen LogP contribution >= 0.6 is 0 Å². The summed E-state index contributed by atoms with van der Waals surface area (Å²) in [4.78, 5) is 14.3. The Morgan fingerprint density at radius 3 is 2.95 bits per heavy atom. The number of nitrogens with one attached hydrogen (secondary N) is 1. The van der Waals surface area contributed by atoms with Crippen molar-refractivity contribution < 1.29 is 9.53 Å². The maximum Gasteiger partial charge on any atom is 0.241 e. The van der Waals surface area contributed by atoms with Crippen LogP contribution in [0.5, 0.6) is 0 Å². The van der Waals surface area contributed by atoms with Gasteiger partial charge in [-0.2, -0.15) is 0 Å². The fourth-order valence-corrected chi connectivity index (χ4v) is 2.33. The lowest BCUT2D eigenvalue weighted by Crippen LogP contribution is -2.48. The van der Waals surface area contributed by atoms with Crippen molar-refractivity contribution in [2.24, 2.45) is 5.73 Å². The van der Waals surface area contributed by atoms with Gasteiger partial charge in [0.25, 0.3) is 0 Å². The first-order chi connectivity index (χ1) is 9.70. The van der Waals surface area contributed by atoms with Crippen LogP contribution < -0.4 is 11.1 Å². The molecule has 0 radical (unpaired) electrons.